The highest BCUT2D eigenvalue weighted by molar-refractivity contribution is 6.35. The van der Waals surface area contributed by atoms with Crippen LogP contribution in [0, 0.1) is 0 Å². The number of amides is 3. The van der Waals surface area contributed by atoms with E-state index < -0.39 is 24.4 Å². The third kappa shape index (κ3) is 4.24. The first-order valence-electron chi connectivity index (χ1n) is 10.1. The number of anilines is 1. The Balaban J connectivity index is 1.45. The van der Waals surface area contributed by atoms with Crippen molar-refractivity contribution in [2.24, 2.45) is 0 Å². The van der Waals surface area contributed by atoms with Gasteiger partial charge in [-0.1, -0.05) is 11.6 Å². The summed E-state index contributed by atoms with van der Waals surface area (Å²) in [4.78, 5) is 53.1. The number of imide groups is 1. The van der Waals surface area contributed by atoms with Crippen LogP contribution in [0.5, 0.6) is 0 Å². The van der Waals surface area contributed by atoms with Gasteiger partial charge in [0.25, 0.3) is 17.7 Å². The summed E-state index contributed by atoms with van der Waals surface area (Å²) in [6.45, 7) is 4.18. The van der Waals surface area contributed by atoms with E-state index in [-0.39, 0.29) is 34.8 Å². The maximum atomic E-state index is 12.8. The van der Waals surface area contributed by atoms with Crippen LogP contribution in [0.4, 0.5) is 5.69 Å². The molecule has 0 aliphatic carbocycles. The summed E-state index contributed by atoms with van der Waals surface area (Å²) < 4.78 is 10.8. The van der Waals surface area contributed by atoms with Gasteiger partial charge in [0.05, 0.1) is 34.6 Å². The van der Waals surface area contributed by atoms with Crippen molar-refractivity contribution < 1.29 is 28.7 Å². The number of ether oxygens (including phenoxy) is 2. The van der Waals surface area contributed by atoms with Crippen molar-refractivity contribution in [2.75, 3.05) is 24.6 Å². The van der Waals surface area contributed by atoms with E-state index in [9.17, 15) is 19.2 Å². The van der Waals surface area contributed by atoms with Crippen molar-refractivity contribution in [1.82, 2.24) is 4.90 Å². The molecule has 9 heteroatoms. The number of rotatable bonds is 4. The van der Waals surface area contributed by atoms with Crippen LogP contribution in [-0.4, -0.2) is 60.5 Å². The Bertz CT molecular complexity index is 1090. The van der Waals surface area contributed by atoms with Gasteiger partial charge in [0, 0.05) is 18.1 Å². The minimum Gasteiger partial charge on any atom is -0.452 e. The average Bonchev–Trinajstić information content (AvgIpc) is 3.01. The van der Waals surface area contributed by atoms with Gasteiger partial charge < -0.3 is 14.4 Å². The normalized spacial score (nSPS) is 20.3. The molecular weight excluding hydrogens is 436 g/mol. The standard InChI is InChI=1S/C23H21ClN2O6/c1-13-10-25(11-14(2)32-13)20(27)12-31-23(30)15-3-8-18-19(9-15)22(29)26(21(18)28)17-6-4-16(24)5-7-17/h3-9,13-14H,10-12H2,1-2H3/t13-,14+. The van der Waals surface area contributed by atoms with Gasteiger partial charge in [-0.3, -0.25) is 14.4 Å². The Hall–Kier alpha value is -3.23. The summed E-state index contributed by atoms with van der Waals surface area (Å²) in [6.07, 6.45) is -0.190. The van der Waals surface area contributed by atoms with E-state index in [1.54, 1.807) is 29.2 Å². The van der Waals surface area contributed by atoms with Crippen molar-refractivity contribution in [3.05, 3.63) is 64.2 Å². The third-order valence-electron chi connectivity index (χ3n) is 5.31. The minimum atomic E-state index is -0.749. The molecule has 3 amide bonds. The second-order valence-electron chi connectivity index (χ2n) is 7.81. The fourth-order valence-corrected chi connectivity index (χ4v) is 4.00. The number of halogens is 1. The molecule has 4 rings (SSSR count). The minimum absolute atomic E-state index is 0.0827. The molecule has 0 spiro atoms. The Morgan fingerprint density at radius 3 is 2.28 bits per heavy atom. The molecule has 0 aromatic heterocycles. The summed E-state index contributed by atoms with van der Waals surface area (Å²) in [5.41, 5.74) is 0.749. The zero-order valence-electron chi connectivity index (χ0n) is 17.5. The first-order chi connectivity index (χ1) is 15.2. The molecule has 1 saturated heterocycles. The van der Waals surface area contributed by atoms with Gasteiger partial charge in [-0.15, -0.1) is 0 Å². The Kier molecular flexibility index (Phi) is 5.99. The number of benzene rings is 2. The number of carbonyl (C=O) groups excluding carboxylic acids is 4. The smallest absolute Gasteiger partial charge is 0.338 e. The highest BCUT2D eigenvalue weighted by atomic mass is 35.5. The summed E-state index contributed by atoms with van der Waals surface area (Å²) in [5.74, 6) is -2.10. The van der Waals surface area contributed by atoms with Crippen LogP contribution in [-0.2, 0) is 14.3 Å². The van der Waals surface area contributed by atoms with Crippen LogP contribution in [0.3, 0.4) is 0 Å². The Morgan fingerprint density at radius 2 is 1.62 bits per heavy atom. The molecule has 0 unspecified atom stereocenters. The summed E-state index contributed by atoms with van der Waals surface area (Å²) in [6, 6.07) is 10.4. The highest BCUT2D eigenvalue weighted by Gasteiger charge is 2.37. The molecule has 0 bridgehead atoms. The van der Waals surface area contributed by atoms with Crippen LogP contribution in [0.1, 0.15) is 44.9 Å². The molecule has 2 aliphatic heterocycles. The third-order valence-corrected chi connectivity index (χ3v) is 5.56. The SMILES string of the molecule is C[C@@H]1CN(C(=O)COC(=O)c2ccc3c(c2)C(=O)N(c2ccc(Cl)cc2)C3=O)C[C@H](C)O1. The topological polar surface area (TPSA) is 93.2 Å². The molecule has 2 heterocycles. The lowest BCUT2D eigenvalue weighted by Gasteiger charge is -2.35. The lowest BCUT2D eigenvalue weighted by Crippen LogP contribution is -2.49. The van der Waals surface area contributed by atoms with E-state index in [0.717, 1.165) is 4.90 Å². The van der Waals surface area contributed by atoms with E-state index in [1.165, 1.54) is 18.2 Å². The maximum absolute atomic E-state index is 12.8. The summed E-state index contributed by atoms with van der Waals surface area (Å²) >= 11 is 5.88. The van der Waals surface area contributed by atoms with E-state index in [2.05, 4.69) is 0 Å². The quantitative estimate of drug-likeness (QED) is 0.518. The molecule has 32 heavy (non-hydrogen) atoms. The fraction of sp³-hybridized carbons (Fsp3) is 0.304. The van der Waals surface area contributed by atoms with Crippen LogP contribution >= 0.6 is 11.6 Å². The molecule has 8 nitrogen and oxygen atoms in total. The summed E-state index contributed by atoms with van der Waals surface area (Å²) in [7, 11) is 0. The van der Waals surface area contributed by atoms with Gasteiger partial charge in [0.15, 0.2) is 6.61 Å². The monoisotopic (exact) mass is 456 g/mol. The Labute approximate surface area is 189 Å². The van der Waals surface area contributed by atoms with Crippen LogP contribution in [0.25, 0.3) is 0 Å². The molecule has 0 N–H and O–H groups in total. The van der Waals surface area contributed by atoms with Crippen molar-refractivity contribution in [1.29, 1.82) is 0 Å². The molecule has 2 aliphatic rings. The molecule has 2 aromatic rings. The van der Waals surface area contributed by atoms with Gasteiger partial charge in [0.1, 0.15) is 0 Å². The number of hydrogen-bond donors (Lipinski definition) is 0. The van der Waals surface area contributed by atoms with E-state index >= 15 is 0 Å². The lowest BCUT2D eigenvalue weighted by molar-refractivity contribution is -0.146. The van der Waals surface area contributed by atoms with Crippen LogP contribution in [0.2, 0.25) is 5.02 Å². The fourth-order valence-electron chi connectivity index (χ4n) is 3.88. The number of fused-ring (bicyclic) bond motifs is 1. The van der Waals surface area contributed by atoms with Gasteiger partial charge in [-0.05, 0) is 56.3 Å². The largest absolute Gasteiger partial charge is 0.452 e. The molecule has 1 fully saturated rings. The van der Waals surface area contributed by atoms with Crippen LogP contribution in [0.15, 0.2) is 42.5 Å². The Morgan fingerprint density at radius 1 is 1.00 bits per heavy atom. The van der Waals surface area contributed by atoms with Gasteiger partial charge >= 0.3 is 5.97 Å². The molecule has 2 aromatic carbocycles. The second-order valence-corrected chi connectivity index (χ2v) is 8.25. The summed E-state index contributed by atoms with van der Waals surface area (Å²) in [5, 5.41) is 0.478. The van der Waals surface area contributed by atoms with Gasteiger partial charge in [-0.2, -0.15) is 0 Å². The number of esters is 1. The molecule has 0 radical (unpaired) electrons. The van der Waals surface area contributed by atoms with Gasteiger partial charge in [0.2, 0.25) is 0 Å². The van der Waals surface area contributed by atoms with Crippen molar-refractivity contribution >= 4 is 41.0 Å². The molecule has 2 atom stereocenters. The maximum Gasteiger partial charge on any atom is 0.338 e. The van der Waals surface area contributed by atoms with Crippen molar-refractivity contribution in [3.8, 4) is 0 Å². The lowest BCUT2D eigenvalue weighted by atomic mass is 10.1. The van der Waals surface area contributed by atoms with Crippen molar-refractivity contribution in [2.45, 2.75) is 26.1 Å². The second kappa shape index (κ2) is 8.72. The van der Waals surface area contributed by atoms with E-state index in [0.29, 0.717) is 23.8 Å². The van der Waals surface area contributed by atoms with E-state index in [1.807, 2.05) is 13.8 Å². The van der Waals surface area contributed by atoms with Crippen molar-refractivity contribution in [3.63, 3.8) is 0 Å². The predicted molar refractivity (Wildman–Crippen MR) is 116 cm³/mol. The first kappa shape index (κ1) is 22.0. The number of nitrogens with zero attached hydrogens (tertiary/aromatic N) is 2. The number of carbonyl (C=O) groups is 4. The predicted octanol–water partition coefficient (Wildman–Crippen LogP) is 2.93. The molecule has 166 valence electrons. The zero-order chi connectivity index (χ0) is 23.0. The first-order valence-corrected chi connectivity index (χ1v) is 10.5. The average molecular weight is 457 g/mol. The van der Waals surface area contributed by atoms with Gasteiger partial charge in [-0.25, -0.2) is 9.69 Å². The zero-order valence-corrected chi connectivity index (χ0v) is 18.3. The highest BCUT2D eigenvalue weighted by Crippen LogP contribution is 2.30. The number of hydrogen-bond acceptors (Lipinski definition) is 6. The van der Waals surface area contributed by atoms with E-state index in [4.69, 9.17) is 21.1 Å². The number of morpholine rings is 1. The van der Waals surface area contributed by atoms with Crippen LogP contribution < -0.4 is 4.90 Å². The molecule has 0 saturated carbocycles. The molecular formula is C23H21ClN2O6.